The van der Waals surface area contributed by atoms with E-state index in [0.29, 0.717) is 5.75 Å². The minimum atomic E-state index is -4.52. The summed E-state index contributed by atoms with van der Waals surface area (Å²) in [4.78, 5) is -0.564. The van der Waals surface area contributed by atoms with Gasteiger partial charge >= 0.3 is 0 Å². The molecule has 2 rings (SSSR count). The van der Waals surface area contributed by atoms with E-state index >= 15 is 0 Å². The molecule has 5 nitrogen and oxygen atoms in total. The van der Waals surface area contributed by atoms with Gasteiger partial charge in [-0.3, -0.25) is 4.55 Å². The Bertz CT molecular complexity index is 846. The predicted octanol–water partition coefficient (Wildman–Crippen LogP) is 6.11. The number of unbranched alkanes of at least 4 members (excludes halogenated alkanes) is 7. The Kier molecular flexibility index (Phi) is 8.80. The van der Waals surface area contributed by atoms with Crippen LogP contribution in [-0.4, -0.2) is 18.1 Å². The maximum absolute atomic E-state index is 11.4. The summed E-state index contributed by atoms with van der Waals surface area (Å²) in [5.41, 5.74) is 1.00. The van der Waals surface area contributed by atoms with Gasteiger partial charge in [0.05, 0.1) is 0 Å². The number of hydrogen-bond donors (Lipinski definition) is 2. The molecule has 2 N–H and O–H groups in total. The average molecular weight is 407 g/mol. The Balaban J connectivity index is 1.96. The molecule has 0 aliphatic rings. The summed E-state index contributed by atoms with van der Waals surface area (Å²) in [6, 6.07) is 11.5. The van der Waals surface area contributed by atoms with Crippen molar-refractivity contribution >= 4 is 10.1 Å². The zero-order chi connectivity index (χ0) is 20.4. The SMILES string of the molecule is CCCCCCCCCCc1ccccc1Oc1cccc(S(=O)(=O)O)c1O. The van der Waals surface area contributed by atoms with Crippen molar-refractivity contribution in [1.82, 2.24) is 0 Å². The molecule has 154 valence electrons. The summed E-state index contributed by atoms with van der Waals surface area (Å²) < 4.78 is 37.7. The zero-order valence-corrected chi connectivity index (χ0v) is 17.2. The third kappa shape index (κ3) is 6.84. The van der Waals surface area contributed by atoms with Crippen LogP contribution >= 0.6 is 0 Å². The first-order valence-electron chi connectivity index (χ1n) is 9.98. The van der Waals surface area contributed by atoms with Crippen LogP contribution in [0.15, 0.2) is 47.4 Å². The Morgan fingerprint density at radius 2 is 1.43 bits per heavy atom. The number of ether oxygens (including phenoxy) is 1. The van der Waals surface area contributed by atoms with Crippen LogP contribution in [0.2, 0.25) is 0 Å². The van der Waals surface area contributed by atoms with Crippen molar-refractivity contribution in [2.24, 2.45) is 0 Å². The summed E-state index contributed by atoms with van der Waals surface area (Å²) in [5.74, 6) is -0.0152. The lowest BCUT2D eigenvalue weighted by atomic mass is 10.0. The van der Waals surface area contributed by atoms with Gasteiger partial charge in [0.1, 0.15) is 10.6 Å². The number of aromatic hydroxyl groups is 1. The van der Waals surface area contributed by atoms with Gasteiger partial charge in [-0.25, -0.2) is 0 Å². The van der Waals surface area contributed by atoms with E-state index in [1.165, 1.54) is 50.7 Å². The molecule has 0 fully saturated rings. The van der Waals surface area contributed by atoms with Gasteiger partial charge in [-0.15, -0.1) is 0 Å². The minimum absolute atomic E-state index is 0.00139. The Morgan fingerprint density at radius 3 is 2.11 bits per heavy atom. The molecule has 2 aromatic rings. The molecule has 0 saturated heterocycles. The van der Waals surface area contributed by atoms with Gasteiger partial charge in [0.2, 0.25) is 0 Å². The van der Waals surface area contributed by atoms with Gasteiger partial charge in [-0.1, -0.05) is 76.1 Å². The molecule has 0 unspecified atom stereocenters. The van der Waals surface area contributed by atoms with E-state index in [1.54, 1.807) is 6.07 Å². The van der Waals surface area contributed by atoms with Gasteiger partial charge in [0.15, 0.2) is 11.5 Å². The standard InChI is InChI=1S/C22H30O5S/c1-2-3-4-5-6-7-8-9-13-18-14-10-11-15-19(18)27-20-16-12-17-21(22(20)23)28(24,25)26/h10-12,14-17,23H,2-9,13H2,1H3,(H,24,25,26). The zero-order valence-electron chi connectivity index (χ0n) is 16.4. The Labute approximate surface area is 168 Å². The predicted molar refractivity (Wildman–Crippen MR) is 111 cm³/mol. The van der Waals surface area contributed by atoms with Crippen LogP contribution in [0, 0.1) is 0 Å². The van der Waals surface area contributed by atoms with Gasteiger partial charge in [0.25, 0.3) is 10.1 Å². The first kappa shape index (κ1) is 22.2. The van der Waals surface area contributed by atoms with Crippen LogP contribution in [-0.2, 0) is 16.5 Å². The second-order valence-corrected chi connectivity index (χ2v) is 8.40. The monoisotopic (exact) mass is 406 g/mol. The van der Waals surface area contributed by atoms with Crippen molar-refractivity contribution in [3.05, 3.63) is 48.0 Å². The molecule has 0 aliphatic carbocycles. The summed E-state index contributed by atoms with van der Waals surface area (Å²) in [6.07, 6.45) is 10.8. The summed E-state index contributed by atoms with van der Waals surface area (Å²) in [5, 5.41) is 10.1. The Hall–Kier alpha value is -2.05. The third-order valence-electron chi connectivity index (χ3n) is 4.73. The highest BCUT2D eigenvalue weighted by Crippen LogP contribution is 2.37. The molecule has 0 amide bonds. The first-order valence-corrected chi connectivity index (χ1v) is 11.4. The second kappa shape index (κ2) is 11.1. The largest absolute Gasteiger partial charge is 0.503 e. The Morgan fingerprint density at radius 1 is 0.821 bits per heavy atom. The number of phenols is 1. The van der Waals surface area contributed by atoms with E-state index in [4.69, 9.17) is 4.74 Å². The average Bonchev–Trinajstić information content (AvgIpc) is 2.66. The number of benzene rings is 2. The van der Waals surface area contributed by atoms with Crippen molar-refractivity contribution in [3.63, 3.8) is 0 Å². The van der Waals surface area contributed by atoms with E-state index in [-0.39, 0.29) is 5.75 Å². The number of para-hydroxylation sites is 2. The van der Waals surface area contributed by atoms with Crippen LogP contribution in [0.4, 0.5) is 0 Å². The van der Waals surface area contributed by atoms with Gasteiger partial charge in [-0.2, -0.15) is 8.42 Å². The maximum atomic E-state index is 11.4. The van der Waals surface area contributed by atoms with Crippen LogP contribution < -0.4 is 4.74 Å². The maximum Gasteiger partial charge on any atom is 0.298 e. The molecule has 0 radical (unpaired) electrons. The van der Waals surface area contributed by atoms with Crippen molar-refractivity contribution in [2.75, 3.05) is 0 Å². The highest BCUT2D eigenvalue weighted by atomic mass is 32.2. The highest BCUT2D eigenvalue weighted by Gasteiger charge is 2.19. The van der Waals surface area contributed by atoms with E-state index in [1.807, 2.05) is 18.2 Å². The van der Waals surface area contributed by atoms with Crippen molar-refractivity contribution in [1.29, 1.82) is 0 Å². The fourth-order valence-electron chi connectivity index (χ4n) is 3.17. The molecule has 0 heterocycles. The third-order valence-corrected chi connectivity index (χ3v) is 5.62. The van der Waals surface area contributed by atoms with E-state index in [2.05, 4.69) is 6.92 Å². The van der Waals surface area contributed by atoms with Gasteiger partial charge in [0, 0.05) is 0 Å². The van der Waals surface area contributed by atoms with E-state index in [0.717, 1.165) is 30.9 Å². The fourth-order valence-corrected chi connectivity index (χ4v) is 3.77. The smallest absolute Gasteiger partial charge is 0.298 e. The van der Waals surface area contributed by atoms with Crippen LogP contribution in [0.5, 0.6) is 17.2 Å². The van der Waals surface area contributed by atoms with Crippen LogP contribution in [0.1, 0.15) is 63.9 Å². The minimum Gasteiger partial charge on any atom is -0.503 e. The van der Waals surface area contributed by atoms with E-state index < -0.39 is 20.8 Å². The molecule has 0 atom stereocenters. The number of hydrogen-bond acceptors (Lipinski definition) is 4. The van der Waals surface area contributed by atoms with Gasteiger partial charge in [-0.05, 0) is 36.6 Å². The quantitative estimate of drug-likeness (QED) is 0.328. The molecule has 2 aromatic carbocycles. The summed E-state index contributed by atoms with van der Waals surface area (Å²) in [6.45, 7) is 2.22. The molecule has 0 aromatic heterocycles. The van der Waals surface area contributed by atoms with Crippen molar-refractivity contribution in [3.8, 4) is 17.2 Å². The highest BCUT2D eigenvalue weighted by molar-refractivity contribution is 7.86. The molecule has 6 heteroatoms. The molecular weight excluding hydrogens is 376 g/mol. The lowest BCUT2D eigenvalue weighted by Crippen LogP contribution is -2.00. The summed E-state index contributed by atoms with van der Waals surface area (Å²) in [7, 11) is -4.52. The van der Waals surface area contributed by atoms with Crippen molar-refractivity contribution < 1.29 is 22.8 Å². The van der Waals surface area contributed by atoms with Gasteiger partial charge < -0.3 is 9.84 Å². The molecule has 0 bridgehead atoms. The first-order chi connectivity index (χ1) is 13.4. The molecule has 0 aliphatic heterocycles. The second-order valence-electron chi connectivity index (χ2n) is 7.01. The van der Waals surface area contributed by atoms with E-state index in [9.17, 15) is 18.1 Å². The van der Waals surface area contributed by atoms with Crippen molar-refractivity contribution in [2.45, 2.75) is 69.6 Å². The normalized spacial score (nSPS) is 11.5. The number of phenolic OH excluding ortho intramolecular Hbond substituents is 1. The molecule has 28 heavy (non-hydrogen) atoms. The molecule has 0 spiro atoms. The molecular formula is C22H30O5S. The lowest BCUT2D eigenvalue weighted by Gasteiger charge is -2.13. The topological polar surface area (TPSA) is 83.8 Å². The van der Waals surface area contributed by atoms with Crippen LogP contribution in [0.25, 0.3) is 0 Å². The number of aryl methyl sites for hydroxylation is 1. The number of rotatable bonds is 12. The summed E-state index contributed by atoms with van der Waals surface area (Å²) >= 11 is 0. The fraction of sp³-hybridized carbons (Fsp3) is 0.455. The lowest BCUT2D eigenvalue weighted by molar-refractivity contribution is 0.393. The van der Waals surface area contributed by atoms with Crippen LogP contribution in [0.3, 0.4) is 0 Å². The molecule has 0 saturated carbocycles.